The van der Waals surface area contributed by atoms with E-state index in [1.54, 1.807) is 0 Å². The lowest BCUT2D eigenvalue weighted by Gasteiger charge is -2.10. The number of hydrogen-bond donors (Lipinski definition) is 0. The van der Waals surface area contributed by atoms with E-state index in [9.17, 15) is 0 Å². The first-order valence-corrected chi connectivity index (χ1v) is 6.40. The average molecular weight is 214 g/mol. The summed E-state index contributed by atoms with van der Waals surface area (Å²) >= 11 is 0. The molecule has 1 aromatic rings. The molecule has 0 aliphatic heterocycles. The van der Waals surface area contributed by atoms with E-state index in [-0.39, 0.29) is 0 Å². The van der Waals surface area contributed by atoms with Crippen molar-refractivity contribution in [2.75, 3.05) is 0 Å². The third-order valence-electron chi connectivity index (χ3n) is 3.65. The highest BCUT2D eigenvalue weighted by molar-refractivity contribution is 5.25. The second-order valence-electron chi connectivity index (χ2n) is 5.46. The molecule has 0 spiro atoms. The lowest BCUT2D eigenvalue weighted by Crippen LogP contribution is -1.99. The third-order valence-corrected chi connectivity index (χ3v) is 3.65. The zero-order chi connectivity index (χ0) is 11.5. The Morgan fingerprint density at radius 3 is 2.44 bits per heavy atom. The zero-order valence-corrected chi connectivity index (χ0v) is 10.5. The van der Waals surface area contributed by atoms with Crippen molar-refractivity contribution in [3.05, 3.63) is 47.5 Å². The van der Waals surface area contributed by atoms with Crippen molar-refractivity contribution in [1.29, 1.82) is 0 Å². The van der Waals surface area contributed by atoms with Crippen LogP contribution in [0.4, 0.5) is 0 Å². The van der Waals surface area contributed by atoms with Crippen LogP contribution in [0.1, 0.15) is 50.2 Å². The van der Waals surface area contributed by atoms with Gasteiger partial charge in [0.25, 0.3) is 0 Å². The minimum atomic E-state index is 0.639. The number of benzene rings is 1. The van der Waals surface area contributed by atoms with E-state index in [1.807, 2.05) is 0 Å². The molecule has 1 aromatic carbocycles. The second kappa shape index (κ2) is 4.86. The standard InChI is InChI=1S/C16H22/c1-12(2)16-8-6-14(7-9-16)11-15-5-4-13(3)10-15/h6-9,12,15H,3-5,10-11H2,1-2H3. The van der Waals surface area contributed by atoms with Gasteiger partial charge in [0, 0.05) is 0 Å². The molecule has 16 heavy (non-hydrogen) atoms. The van der Waals surface area contributed by atoms with Gasteiger partial charge in [-0.3, -0.25) is 0 Å². The van der Waals surface area contributed by atoms with Crippen molar-refractivity contribution < 1.29 is 0 Å². The predicted octanol–water partition coefficient (Wildman–Crippen LogP) is 4.71. The van der Waals surface area contributed by atoms with Crippen molar-refractivity contribution in [2.24, 2.45) is 5.92 Å². The molecule has 1 aliphatic rings. The minimum Gasteiger partial charge on any atom is -0.0999 e. The Morgan fingerprint density at radius 2 is 1.94 bits per heavy atom. The maximum atomic E-state index is 4.08. The van der Waals surface area contributed by atoms with Gasteiger partial charge in [0.05, 0.1) is 0 Å². The summed E-state index contributed by atoms with van der Waals surface area (Å²) in [7, 11) is 0. The summed E-state index contributed by atoms with van der Waals surface area (Å²) in [5.41, 5.74) is 4.38. The molecule has 0 nitrogen and oxygen atoms in total. The molecular formula is C16H22. The topological polar surface area (TPSA) is 0 Å². The molecule has 86 valence electrons. The van der Waals surface area contributed by atoms with Gasteiger partial charge in [0.15, 0.2) is 0 Å². The molecule has 0 bridgehead atoms. The number of rotatable bonds is 3. The largest absolute Gasteiger partial charge is 0.0999 e. The lowest BCUT2D eigenvalue weighted by atomic mass is 9.95. The van der Waals surface area contributed by atoms with E-state index in [0.29, 0.717) is 5.92 Å². The van der Waals surface area contributed by atoms with Crippen LogP contribution >= 0.6 is 0 Å². The van der Waals surface area contributed by atoms with Crippen molar-refractivity contribution in [1.82, 2.24) is 0 Å². The fourth-order valence-electron chi connectivity index (χ4n) is 2.57. The maximum absolute atomic E-state index is 4.08. The van der Waals surface area contributed by atoms with Gasteiger partial charge in [-0.25, -0.2) is 0 Å². The normalized spacial score (nSPS) is 20.7. The van der Waals surface area contributed by atoms with Gasteiger partial charge >= 0.3 is 0 Å². The molecule has 0 radical (unpaired) electrons. The van der Waals surface area contributed by atoms with Crippen LogP contribution in [0.25, 0.3) is 0 Å². The van der Waals surface area contributed by atoms with Crippen molar-refractivity contribution in [3.63, 3.8) is 0 Å². The molecule has 1 atom stereocenters. The molecule has 1 aliphatic carbocycles. The molecule has 0 heterocycles. The van der Waals surface area contributed by atoms with Crippen molar-refractivity contribution in [3.8, 4) is 0 Å². The average Bonchev–Trinajstić information content (AvgIpc) is 2.65. The summed E-state index contributed by atoms with van der Waals surface area (Å²) < 4.78 is 0. The highest BCUT2D eigenvalue weighted by atomic mass is 14.2. The van der Waals surface area contributed by atoms with Crippen LogP contribution in [-0.4, -0.2) is 0 Å². The SMILES string of the molecule is C=C1CCC(Cc2ccc(C(C)C)cc2)C1. The highest BCUT2D eigenvalue weighted by Gasteiger charge is 2.18. The molecule has 0 saturated heterocycles. The van der Waals surface area contributed by atoms with Gasteiger partial charge in [-0.15, -0.1) is 0 Å². The van der Waals surface area contributed by atoms with Crippen LogP contribution in [0.2, 0.25) is 0 Å². The van der Waals surface area contributed by atoms with Gasteiger partial charge < -0.3 is 0 Å². The lowest BCUT2D eigenvalue weighted by molar-refractivity contribution is 0.554. The van der Waals surface area contributed by atoms with E-state index >= 15 is 0 Å². The summed E-state index contributed by atoms with van der Waals surface area (Å²) in [6.45, 7) is 8.58. The van der Waals surface area contributed by atoms with E-state index in [0.717, 1.165) is 5.92 Å². The molecule has 1 unspecified atom stereocenters. The summed E-state index contributed by atoms with van der Waals surface area (Å²) in [5.74, 6) is 1.48. The van der Waals surface area contributed by atoms with Crippen LogP contribution in [0.15, 0.2) is 36.4 Å². The van der Waals surface area contributed by atoms with Crippen LogP contribution in [-0.2, 0) is 6.42 Å². The summed E-state index contributed by atoms with van der Waals surface area (Å²) in [6.07, 6.45) is 5.06. The molecule has 0 aromatic heterocycles. The van der Waals surface area contributed by atoms with Crippen molar-refractivity contribution in [2.45, 2.75) is 45.4 Å². The maximum Gasteiger partial charge on any atom is -0.0219 e. The van der Waals surface area contributed by atoms with Gasteiger partial charge in [-0.05, 0) is 48.6 Å². The Balaban J connectivity index is 1.97. The highest BCUT2D eigenvalue weighted by Crippen LogP contribution is 2.31. The number of hydrogen-bond acceptors (Lipinski definition) is 0. The van der Waals surface area contributed by atoms with E-state index in [2.05, 4.69) is 44.7 Å². The van der Waals surface area contributed by atoms with E-state index in [4.69, 9.17) is 0 Å². The monoisotopic (exact) mass is 214 g/mol. The first kappa shape index (κ1) is 11.4. The van der Waals surface area contributed by atoms with Crippen LogP contribution in [0.5, 0.6) is 0 Å². The minimum absolute atomic E-state index is 0.639. The van der Waals surface area contributed by atoms with Crippen LogP contribution < -0.4 is 0 Å². The first-order valence-electron chi connectivity index (χ1n) is 6.40. The van der Waals surface area contributed by atoms with Crippen LogP contribution in [0.3, 0.4) is 0 Å². The molecule has 2 rings (SSSR count). The Bertz CT molecular complexity index is 356. The van der Waals surface area contributed by atoms with Crippen molar-refractivity contribution >= 4 is 0 Å². The Labute approximate surface area is 99.4 Å². The molecule has 0 N–H and O–H groups in total. The Morgan fingerprint density at radius 1 is 1.25 bits per heavy atom. The summed E-state index contributed by atoms with van der Waals surface area (Å²) in [6, 6.07) is 9.17. The van der Waals surface area contributed by atoms with E-state index in [1.165, 1.54) is 42.4 Å². The fraction of sp³-hybridized carbons (Fsp3) is 0.500. The van der Waals surface area contributed by atoms with Gasteiger partial charge in [-0.2, -0.15) is 0 Å². The van der Waals surface area contributed by atoms with Gasteiger partial charge in [0.1, 0.15) is 0 Å². The number of allylic oxidation sites excluding steroid dienone is 1. The smallest absolute Gasteiger partial charge is 0.0219 e. The fourth-order valence-corrected chi connectivity index (χ4v) is 2.57. The molecule has 0 amide bonds. The Hall–Kier alpha value is -1.04. The summed E-state index contributed by atoms with van der Waals surface area (Å²) in [5, 5.41) is 0. The predicted molar refractivity (Wildman–Crippen MR) is 70.7 cm³/mol. The first-order chi connectivity index (χ1) is 7.65. The van der Waals surface area contributed by atoms with E-state index < -0.39 is 0 Å². The summed E-state index contributed by atoms with van der Waals surface area (Å²) in [4.78, 5) is 0. The van der Waals surface area contributed by atoms with Crippen LogP contribution in [0, 0.1) is 5.92 Å². The molecule has 0 heteroatoms. The second-order valence-corrected chi connectivity index (χ2v) is 5.46. The molecule has 1 fully saturated rings. The van der Waals surface area contributed by atoms with Gasteiger partial charge in [-0.1, -0.05) is 50.3 Å². The van der Waals surface area contributed by atoms with Gasteiger partial charge in [0.2, 0.25) is 0 Å². The quantitative estimate of drug-likeness (QED) is 0.639. The zero-order valence-electron chi connectivity index (χ0n) is 10.5. The Kier molecular flexibility index (Phi) is 3.48. The third kappa shape index (κ3) is 2.75. The molecule has 1 saturated carbocycles. The molecular weight excluding hydrogens is 192 g/mol.